The molecule has 9 heteroatoms. The lowest BCUT2D eigenvalue weighted by molar-refractivity contribution is -0.137. The number of hydrogen-bond acceptors (Lipinski definition) is 5. The van der Waals surface area contributed by atoms with Crippen LogP contribution in [0.25, 0.3) is 0 Å². The van der Waals surface area contributed by atoms with E-state index in [0.717, 1.165) is 20.5 Å². The smallest absolute Gasteiger partial charge is 0.346 e. The normalized spacial score (nSPS) is 10.7. The molecule has 0 atom stereocenters. The molecule has 2 aromatic rings. The van der Waals surface area contributed by atoms with Crippen LogP contribution in [0.2, 0.25) is 0 Å². The largest absolute Gasteiger partial charge is 0.481 e. The number of rotatable bonds is 6. The van der Waals surface area contributed by atoms with E-state index in [9.17, 15) is 19.2 Å². The van der Waals surface area contributed by atoms with E-state index in [2.05, 4.69) is 0 Å². The van der Waals surface area contributed by atoms with Crippen LogP contribution in [-0.4, -0.2) is 31.3 Å². The fourth-order valence-electron chi connectivity index (χ4n) is 2.13. The third-order valence-electron chi connectivity index (χ3n) is 3.24. The van der Waals surface area contributed by atoms with E-state index in [1.165, 1.54) is 13.1 Å². The minimum atomic E-state index is -1.12. The van der Waals surface area contributed by atoms with Crippen molar-refractivity contribution in [2.24, 2.45) is 0 Å². The lowest BCUT2D eigenvalue weighted by Crippen LogP contribution is -2.41. The second-order valence-corrected chi connectivity index (χ2v) is 5.82. The van der Waals surface area contributed by atoms with E-state index in [1.54, 1.807) is 11.4 Å². The molecule has 0 aliphatic carbocycles. The molecule has 0 aromatic carbocycles. The molecule has 0 aliphatic rings. The summed E-state index contributed by atoms with van der Waals surface area (Å²) in [6, 6.07) is 1.55. The first-order valence-electron chi connectivity index (χ1n) is 6.63. The van der Waals surface area contributed by atoms with Gasteiger partial charge in [0, 0.05) is 18.3 Å². The third-order valence-corrected chi connectivity index (χ3v) is 4.19. The van der Waals surface area contributed by atoms with Gasteiger partial charge in [-0.15, -0.1) is 11.3 Å². The summed E-state index contributed by atoms with van der Waals surface area (Å²) in [6.45, 7) is 1.28. The summed E-state index contributed by atoms with van der Waals surface area (Å²) in [5, 5.41) is 19.4. The van der Waals surface area contributed by atoms with E-state index in [1.807, 2.05) is 0 Å². The topological polar surface area (TPSA) is 119 Å². The van der Waals surface area contributed by atoms with Crippen LogP contribution in [0.5, 0.6) is 0 Å². The summed E-state index contributed by atoms with van der Waals surface area (Å²) in [6.07, 6.45) is 1.06. The molecule has 2 rings (SSSR count). The van der Waals surface area contributed by atoms with Gasteiger partial charge < -0.3 is 10.2 Å². The lowest BCUT2D eigenvalue weighted by atomic mass is 10.2. The molecule has 23 heavy (non-hydrogen) atoms. The van der Waals surface area contributed by atoms with Crippen LogP contribution in [0.15, 0.2) is 27.2 Å². The summed E-state index contributed by atoms with van der Waals surface area (Å²) >= 11 is 1.01. The zero-order valence-electron chi connectivity index (χ0n) is 12.2. The van der Waals surface area contributed by atoms with Gasteiger partial charge in [0.1, 0.15) is 4.88 Å². The predicted molar refractivity (Wildman–Crippen MR) is 82.3 cm³/mol. The van der Waals surface area contributed by atoms with Gasteiger partial charge in [0.25, 0.3) is 5.56 Å². The predicted octanol–water partition coefficient (Wildman–Crippen LogP) is 0.601. The minimum Gasteiger partial charge on any atom is -0.481 e. The molecule has 0 radical (unpaired) electrons. The molecule has 0 spiro atoms. The summed E-state index contributed by atoms with van der Waals surface area (Å²) in [7, 11) is 0. The van der Waals surface area contributed by atoms with Gasteiger partial charge in [-0.2, -0.15) is 0 Å². The van der Waals surface area contributed by atoms with Crippen molar-refractivity contribution in [3.05, 3.63) is 54.5 Å². The Morgan fingerprint density at radius 1 is 1.26 bits per heavy atom. The molecule has 122 valence electrons. The van der Waals surface area contributed by atoms with Crippen LogP contribution in [0.3, 0.4) is 0 Å². The van der Waals surface area contributed by atoms with Crippen molar-refractivity contribution in [2.75, 3.05) is 0 Å². The maximum atomic E-state index is 12.4. The molecule has 2 heterocycles. The average molecular weight is 338 g/mol. The van der Waals surface area contributed by atoms with Crippen molar-refractivity contribution in [2.45, 2.75) is 26.4 Å². The van der Waals surface area contributed by atoms with Crippen molar-refractivity contribution in [1.29, 1.82) is 0 Å². The van der Waals surface area contributed by atoms with Gasteiger partial charge in [-0.25, -0.2) is 9.59 Å². The Balaban J connectivity index is 2.47. The number of aromatic carboxylic acids is 1. The molecular weight excluding hydrogens is 324 g/mol. The summed E-state index contributed by atoms with van der Waals surface area (Å²) in [5.41, 5.74) is -0.548. The highest BCUT2D eigenvalue weighted by molar-refractivity contribution is 7.12. The van der Waals surface area contributed by atoms with Crippen LogP contribution in [-0.2, 0) is 17.9 Å². The standard InChI is InChI=1S/C14H14N2O6S/c1-8-6-15(4-2-10(17)18)14(22)16(12(8)19)7-9-3-5-23-11(9)13(20)21/h3,5-6H,2,4,7H2,1H3,(H,17,18)(H,20,21). The minimum absolute atomic E-state index is 0.0647. The van der Waals surface area contributed by atoms with Gasteiger partial charge in [0.2, 0.25) is 0 Å². The second-order valence-electron chi connectivity index (χ2n) is 4.90. The lowest BCUT2D eigenvalue weighted by Gasteiger charge is -2.11. The van der Waals surface area contributed by atoms with Gasteiger partial charge in [0.05, 0.1) is 13.0 Å². The van der Waals surface area contributed by atoms with E-state index in [0.29, 0.717) is 5.56 Å². The number of aromatic nitrogens is 2. The third kappa shape index (κ3) is 3.57. The van der Waals surface area contributed by atoms with Crippen molar-refractivity contribution in [1.82, 2.24) is 9.13 Å². The van der Waals surface area contributed by atoms with Crippen LogP contribution < -0.4 is 11.2 Å². The number of carboxylic acids is 2. The van der Waals surface area contributed by atoms with Gasteiger partial charge in [-0.1, -0.05) is 0 Å². The molecule has 2 N–H and O–H groups in total. The molecule has 0 fully saturated rings. The Bertz CT molecular complexity index is 876. The zero-order chi connectivity index (χ0) is 17.1. The number of carbonyl (C=O) groups is 2. The highest BCUT2D eigenvalue weighted by Gasteiger charge is 2.16. The maximum Gasteiger partial charge on any atom is 0.346 e. The Morgan fingerprint density at radius 3 is 2.57 bits per heavy atom. The van der Waals surface area contributed by atoms with Crippen LogP contribution >= 0.6 is 11.3 Å². The van der Waals surface area contributed by atoms with Crippen molar-refractivity contribution < 1.29 is 19.8 Å². The van der Waals surface area contributed by atoms with Gasteiger partial charge >= 0.3 is 17.6 Å². The molecule has 2 aromatic heterocycles. The Labute approximate surface area is 133 Å². The van der Waals surface area contributed by atoms with Crippen LogP contribution in [0.4, 0.5) is 0 Å². The first-order valence-corrected chi connectivity index (χ1v) is 7.51. The monoisotopic (exact) mass is 338 g/mol. The van der Waals surface area contributed by atoms with Gasteiger partial charge in [-0.3, -0.25) is 18.7 Å². The Morgan fingerprint density at radius 2 is 1.96 bits per heavy atom. The quantitative estimate of drug-likeness (QED) is 0.796. The highest BCUT2D eigenvalue weighted by Crippen LogP contribution is 2.17. The van der Waals surface area contributed by atoms with E-state index >= 15 is 0 Å². The molecule has 0 bridgehead atoms. The number of hydrogen-bond donors (Lipinski definition) is 2. The molecule has 0 unspecified atom stereocenters. The SMILES string of the molecule is Cc1cn(CCC(=O)O)c(=O)n(Cc2ccsc2C(=O)O)c1=O. The highest BCUT2D eigenvalue weighted by atomic mass is 32.1. The second kappa shape index (κ2) is 6.61. The summed E-state index contributed by atoms with van der Waals surface area (Å²) in [4.78, 5) is 46.4. The molecule has 0 aliphatic heterocycles. The number of carboxylic acid groups (broad SMARTS) is 2. The summed E-state index contributed by atoms with van der Waals surface area (Å²) < 4.78 is 2.07. The number of aryl methyl sites for hydroxylation is 2. The van der Waals surface area contributed by atoms with E-state index < -0.39 is 23.2 Å². The Kier molecular flexibility index (Phi) is 4.80. The summed E-state index contributed by atoms with van der Waals surface area (Å²) in [5.74, 6) is -2.18. The molecule has 0 saturated carbocycles. The zero-order valence-corrected chi connectivity index (χ0v) is 13.0. The first-order chi connectivity index (χ1) is 10.8. The van der Waals surface area contributed by atoms with Crippen molar-refractivity contribution in [3.63, 3.8) is 0 Å². The fourth-order valence-corrected chi connectivity index (χ4v) is 2.89. The maximum absolute atomic E-state index is 12.4. The fraction of sp³-hybridized carbons (Fsp3) is 0.286. The van der Waals surface area contributed by atoms with Gasteiger partial charge in [-0.05, 0) is 23.9 Å². The number of aliphatic carboxylic acids is 1. The van der Waals surface area contributed by atoms with Crippen molar-refractivity contribution in [3.8, 4) is 0 Å². The molecule has 8 nitrogen and oxygen atoms in total. The molecule has 0 amide bonds. The van der Waals surface area contributed by atoms with Crippen LogP contribution in [0, 0.1) is 6.92 Å². The van der Waals surface area contributed by atoms with E-state index in [4.69, 9.17) is 10.2 Å². The molecular formula is C14H14N2O6S. The van der Waals surface area contributed by atoms with E-state index in [-0.39, 0.29) is 30.0 Å². The Hall–Kier alpha value is -2.68. The number of nitrogens with zero attached hydrogens (tertiary/aromatic N) is 2. The van der Waals surface area contributed by atoms with Crippen LogP contribution in [0.1, 0.15) is 27.2 Å². The van der Waals surface area contributed by atoms with Crippen molar-refractivity contribution >= 4 is 23.3 Å². The number of thiophene rings is 1. The first kappa shape index (κ1) is 16.7. The average Bonchev–Trinajstić information content (AvgIpc) is 2.94. The molecule has 0 saturated heterocycles. The van der Waals surface area contributed by atoms with Gasteiger partial charge in [0.15, 0.2) is 0 Å².